The number of hydrogen-bond acceptors (Lipinski definition) is 5. The number of carbonyl (C=O) groups excluding carboxylic acids is 1. The molecule has 0 saturated heterocycles. The summed E-state index contributed by atoms with van der Waals surface area (Å²) in [5, 5.41) is 5.61. The van der Waals surface area contributed by atoms with Crippen LogP contribution in [0.2, 0.25) is 0 Å². The van der Waals surface area contributed by atoms with Gasteiger partial charge >= 0.3 is 6.09 Å². The van der Waals surface area contributed by atoms with Gasteiger partial charge < -0.3 is 19.7 Å². The largest absolute Gasteiger partial charge is 0.444 e. The second-order valence-corrected chi connectivity index (χ2v) is 7.37. The lowest BCUT2D eigenvalue weighted by Crippen LogP contribution is -2.42. The lowest BCUT2D eigenvalue weighted by atomic mass is 10.2. The summed E-state index contributed by atoms with van der Waals surface area (Å²) in [6.07, 6.45) is 0.728. The van der Waals surface area contributed by atoms with Crippen molar-refractivity contribution in [2.45, 2.75) is 45.8 Å². The van der Waals surface area contributed by atoms with Gasteiger partial charge in [-0.2, -0.15) is 0 Å². The van der Waals surface area contributed by atoms with Gasteiger partial charge in [0.15, 0.2) is 0 Å². The topological polar surface area (TPSA) is 50.8 Å². The van der Waals surface area contributed by atoms with E-state index in [0.29, 0.717) is 25.7 Å². The zero-order valence-corrected chi connectivity index (χ0v) is 15.7. The molecule has 0 radical (unpaired) electrons. The minimum Gasteiger partial charge on any atom is -0.444 e. The Morgan fingerprint density at radius 2 is 2.13 bits per heavy atom. The maximum Gasteiger partial charge on any atom is 0.410 e. The lowest BCUT2D eigenvalue weighted by Gasteiger charge is -2.28. The van der Waals surface area contributed by atoms with Crippen LogP contribution in [0, 0.1) is 0 Å². The highest BCUT2D eigenvalue weighted by molar-refractivity contribution is 7.10. The molecule has 23 heavy (non-hydrogen) atoms. The van der Waals surface area contributed by atoms with Crippen LogP contribution in [0.3, 0.4) is 0 Å². The van der Waals surface area contributed by atoms with Gasteiger partial charge in [0.2, 0.25) is 0 Å². The summed E-state index contributed by atoms with van der Waals surface area (Å²) in [7, 11) is 1.63. The average molecular weight is 343 g/mol. The van der Waals surface area contributed by atoms with Crippen LogP contribution in [0.1, 0.15) is 45.0 Å². The third-order valence-corrected chi connectivity index (χ3v) is 4.27. The Hall–Kier alpha value is -1.11. The van der Waals surface area contributed by atoms with Crippen molar-refractivity contribution in [2.24, 2.45) is 0 Å². The molecule has 0 aliphatic carbocycles. The Balaban J connectivity index is 2.51. The van der Waals surface area contributed by atoms with Gasteiger partial charge in [-0.3, -0.25) is 0 Å². The highest BCUT2D eigenvalue weighted by Gasteiger charge is 2.22. The van der Waals surface area contributed by atoms with Gasteiger partial charge in [0.1, 0.15) is 5.60 Å². The van der Waals surface area contributed by atoms with E-state index in [9.17, 15) is 4.79 Å². The van der Waals surface area contributed by atoms with Crippen molar-refractivity contribution in [1.82, 2.24) is 10.2 Å². The van der Waals surface area contributed by atoms with E-state index in [2.05, 4.69) is 29.8 Å². The molecule has 0 aromatic carbocycles. The summed E-state index contributed by atoms with van der Waals surface area (Å²) in [5.41, 5.74) is -0.487. The fraction of sp³-hybridized carbons (Fsp3) is 0.706. The maximum absolute atomic E-state index is 12.3. The Kier molecular flexibility index (Phi) is 8.58. The van der Waals surface area contributed by atoms with Gasteiger partial charge in [0.05, 0.1) is 6.61 Å². The molecule has 1 rings (SSSR count). The Bertz CT molecular complexity index is 443. The smallest absolute Gasteiger partial charge is 0.410 e. The van der Waals surface area contributed by atoms with E-state index in [0.717, 1.165) is 13.0 Å². The summed E-state index contributed by atoms with van der Waals surface area (Å²) in [5.74, 6) is 0. The molecule has 0 fully saturated rings. The van der Waals surface area contributed by atoms with Crippen LogP contribution in [0.4, 0.5) is 4.79 Å². The molecule has 0 spiro atoms. The number of ether oxygens (including phenoxy) is 2. The van der Waals surface area contributed by atoms with Crippen molar-refractivity contribution in [3.63, 3.8) is 0 Å². The third-order valence-electron chi connectivity index (χ3n) is 3.28. The molecule has 1 amide bonds. The van der Waals surface area contributed by atoms with E-state index in [1.807, 2.05) is 20.8 Å². The Morgan fingerprint density at radius 1 is 1.39 bits per heavy atom. The van der Waals surface area contributed by atoms with Crippen molar-refractivity contribution in [2.75, 3.05) is 33.4 Å². The predicted octanol–water partition coefficient (Wildman–Crippen LogP) is 3.67. The fourth-order valence-electron chi connectivity index (χ4n) is 2.13. The monoisotopic (exact) mass is 342 g/mol. The fourth-order valence-corrected chi connectivity index (χ4v) is 3.02. The van der Waals surface area contributed by atoms with Gasteiger partial charge in [0, 0.05) is 37.7 Å². The third kappa shape index (κ3) is 7.81. The van der Waals surface area contributed by atoms with Crippen LogP contribution in [0.25, 0.3) is 0 Å². The molecule has 0 saturated carbocycles. The molecule has 0 aliphatic heterocycles. The number of amides is 1. The standard InChI is InChI=1S/C17H30N2O3S/c1-6-14(15-8-7-13-23-15)18-9-10-19(11-12-21-5)16(20)22-17(2,3)4/h7-8,13-14,18H,6,9-12H2,1-5H3. The van der Waals surface area contributed by atoms with E-state index in [-0.39, 0.29) is 6.09 Å². The van der Waals surface area contributed by atoms with Crippen molar-refractivity contribution < 1.29 is 14.3 Å². The first-order valence-corrected chi connectivity index (χ1v) is 8.99. The minimum atomic E-state index is -0.487. The molecule has 0 bridgehead atoms. The quantitative estimate of drug-likeness (QED) is 0.744. The number of rotatable bonds is 9. The number of methoxy groups -OCH3 is 1. The molecule has 5 nitrogen and oxygen atoms in total. The first kappa shape index (κ1) is 19.9. The average Bonchev–Trinajstić information content (AvgIpc) is 2.98. The van der Waals surface area contributed by atoms with Crippen LogP contribution in [-0.2, 0) is 9.47 Å². The lowest BCUT2D eigenvalue weighted by molar-refractivity contribution is 0.0203. The van der Waals surface area contributed by atoms with Crippen LogP contribution < -0.4 is 5.32 Å². The summed E-state index contributed by atoms with van der Waals surface area (Å²) in [6, 6.07) is 4.54. The normalized spacial score (nSPS) is 12.9. The zero-order chi connectivity index (χ0) is 17.3. The molecule has 0 aliphatic rings. The summed E-state index contributed by atoms with van der Waals surface area (Å²) >= 11 is 1.75. The molecule has 1 N–H and O–H groups in total. The molecular weight excluding hydrogens is 312 g/mol. The Morgan fingerprint density at radius 3 is 2.65 bits per heavy atom. The van der Waals surface area contributed by atoms with Crippen LogP contribution in [0.5, 0.6) is 0 Å². The van der Waals surface area contributed by atoms with Gasteiger partial charge in [-0.15, -0.1) is 11.3 Å². The van der Waals surface area contributed by atoms with Crippen molar-refractivity contribution in [3.8, 4) is 0 Å². The minimum absolute atomic E-state index is 0.291. The summed E-state index contributed by atoms with van der Waals surface area (Å²) in [4.78, 5) is 15.3. The van der Waals surface area contributed by atoms with Crippen LogP contribution in [0.15, 0.2) is 17.5 Å². The second-order valence-electron chi connectivity index (χ2n) is 6.39. The van der Waals surface area contributed by atoms with E-state index < -0.39 is 5.60 Å². The molecule has 1 atom stereocenters. The van der Waals surface area contributed by atoms with Crippen molar-refractivity contribution >= 4 is 17.4 Å². The summed E-state index contributed by atoms with van der Waals surface area (Å²) in [6.45, 7) is 10.1. The van der Waals surface area contributed by atoms with Gasteiger partial charge in [-0.05, 0) is 38.6 Å². The Labute approximate surface area is 144 Å². The number of thiophene rings is 1. The van der Waals surface area contributed by atoms with E-state index in [4.69, 9.17) is 9.47 Å². The highest BCUT2D eigenvalue weighted by atomic mass is 32.1. The molecule has 1 heterocycles. The van der Waals surface area contributed by atoms with Crippen molar-refractivity contribution in [3.05, 3.63) is 22.4 Å². The number of nitrogens with zero attached hydrogens (tertiary/aromatic N) is 1. The summed E-state index contributed by atoms with van der Waals surface area (Å²) < 4.78 is 10.6. The molecular formula is C17H30N2O3S. The van der Waals surface area contributed by atoms with Crippen molar-refractivity contribution in [1.29, 1.82) is 0 Å². The molecule has 1 aromatic rings. The van der Waals surface area contributed by atoms with Gasteiger partial charge in [-0.25, -0.2) is 4.79 Å². The van der Waals surface area contributed by atoms with E-state index in [1.54, 1.807) is 23.3 Å². The maximum atomic E-state index is 12.3. The first-order valence-electron chi connectivity index (χ1n) is 8.11. The van der Waals surface area contributed by atoms with E-state index >= 15 is 0 Å². The van der Waals surface area contributed by atoms with E-state index in [1.165, 1.54) is 4.88 Å². The SMILES string of the molecule is CCC(NCCN(CCOC)C(=O)OC(C)(C)C)c1cccs1. The number of carbonyl (C=O) groups is 1. The molecule has 1 unspecified atom stereocenters. The predicted molar refractivity (Wildman–Crippen MR) is 95.0 cm³/mol. The van der Waals surface area contributed by atoms with Gasteiger partial charge in [0.25, 0.3) is 0 Å². The molecule has 1 aromatic heterocycles. The van der Waals surface area contributed by atoms with Gasteiger partial charge in [-0.1, -0.05) is 13.0 Å². The zero-order valence-electron chi connectivity index (χ0n) is 14.9. The van der Waals surface area contributed by atoms with Crippen LogP contribution >= 0.6 is 11.3 Å². The molecule has 132 valence electrons. The second kappa shape index (κ2) is 9.90. The molecule has 6 heteroatoms. The first-order chi connectivity index (χ1) is 10.9. The van der Waals surface area contributed by atoms with Crippen LogP contribution in [-0.4, -0.2) is 49.9 Å². The number of hydrogen-bond donors (Lipinski definition) is 1. The number of nitrogens with one attached hydrogen (secondary N) is 1. The highest BCUT2D eigenvalue weighted by Crippen LogP contribution is 2.21.